The first kappa shape index (κ1) is 127. The number of carboxylic acid groups (broad SMARTS) is 1. The number of carbonyl (C=O) groups excluding carboxylic acids is 9. The second kappa shape index (κ2) is 77.6. The minimum absolute atomic E-state index is 0.0487. The third-order valence-electron chi connectivity index (χ3n) is 16.7. The molecule has 2 fully saturated rings. The first-order valence-corrected chi connectivity index (χ1v) is 51.0. The molecule has 142 heavy (non-hydrogen) atoms. The Labute approximate surface area is 847 Å². The van der Waals surface area contributed by atoms with Crippen LogP contribution in [0.1, 0.15) is 147 Å². The van der Waals surface area contributed by atoms with Crippen LogP contribution >= 0.6 is 43.2 Å². The number of nitrogen functional groups attached to an aromatic ring is 2. The Balaban J connectivity index is 0.000000592. The average Bonchev–Trinajstić information content (AvgIpc) is 1.24. The predicted octanol–water partition coefficient (Wildman–Crippen LogP) is 16.6. The number of azide groups is 2. The molecule has 792 valence electrons. The lowest BCUT2D eigenvalue weighted by Crippen LogP contribution is -2.27. The number of carboxylic acids is 1. The van der Waals surface area contributed by atoms with E-state index in [4.69, 9.17) is 95.0 Å². The van der Waals surface area contributed by atoms with E-state index in [1.807, 2.05) is 63.9 Å². The number of nitrogens with one attached hydrogen (secondary N) is 10. The number of carbonyl (C=O) groups is 10. The van der Waals surface area contributed by atoms with Crippen LogP contribution in [0.2, 0.25) is 0 Å². The van der Waals surface area contributed by atoms with Gasteiger partial charge in [0.25, 0.3) is 0 Å². The molecule has 0 aromatic heterocycles. The van der Waals surface area contributed by atoms with Crippen LogP contribution in [-0.4, -0.2) is 268 Å². The van der Waals surface area contributed by atoms with Gasteiger partial charge in [-0.05, 0) is 224 Å². The molecule has 5 aromatic rings. The van der Waals surface area contributed by atoms with Gasteiger partial charge in [-0.25, -0.2) is 24.0 Å². The quantitative estimate of drug-likeness (QED) is 0.00251. The van der Waals surface area contributed by atoms with Crippen LogP contribution in [0.25, 0.3) is 20.9 Å². The molecule has 48 heteroatoms. The average molecular weight is 2070 g/mol. The number of anilines is 10. The van der Waals surface area contributed by atoms with E-state index in [1.54, 1.807) is 184 Å². The summed E-state index contributed by atoms with van der Waals surface area (Å²) in [5.74, 6) is 0.787. The Morgan fingerprint density at radius 2 is 0.669 bits per heavy atom. The van der Waals surface area contributed by atoms with E-state index in [1.165, 1.54) is 37.2 Å². The summed E-state index contributed by atoms with van der Waals surface area (Å²) in [6.07, 6.45) is 8.10. The molecule has 0 spiro atoms. The summed E-state index contributed by atoms with van der Waals surface area (Å²) >= 11 is 0. The monoisotopic (exact) mass is 2070 g/mol. The fourth-order valence-electron chi connectivity index (χ4n) is 10.9. The largest absolute Gasteiger partial charge is 0.480 e. The van der Waals surface area contributed by atoms with E-state index in [9.17, 15) is 47.9 Å². The van der Waals surface area contributed by atoms with Crippen LogP contribution in [0.5, 0.6) is 0 Å². The molecule has 2 unspecified atom stereocenters. The van der Waals surface area contributed by atoms with Crippen LogP contribution in [0.4, 0.5) is 76.1 Å². The van der Waals surface area contributed by atoms with Gasteiger partial charge in [0, 0.05) is 129 Å². The molecule has 2 aliphatic heterocycles. The minimum atomic E-state index is -1.01. The van der Waals surface area contributed by atoms with Gasteiger partial charge in [-0.3, -0.25) is 55.6 Å². The van der Waals surface area contributed by atoms with E-state index in [0.29, 0.717) is 182 Å². The summed E-state index contributed by atoms with van der Waals surface area (Å²) in [5.41, 5.74) is 38.8. The molecule has 2 heterocycles. The molecule has 2 aliphatic rings. The summed E-state index contributed by atoms with van der Waals surface area (Å²) in [6.45, 7) is 28.1. The number of amides is 9. The van der Waals surface area contributed by atoms with Crippen molar-refractivity contribution >= 4 is 160 Å². The molecule has 2 atom stereocenters. The molecule has 2 saturated heterocycles. The van der Waals surface area contributed by atoms with Crippen LogP contribution in [-0.2, 0) is 95.2 Å². The molecule has 0 bridgehead atoms. The molecule has 44 nitrogen and oxygen atoms in total. The summed E-state index contributed by atoms with van der Waals surface area (Å²) in [4.78, 5) is 126. The zero-order valence-electron chi connectivity index (χ0n) is 83.5. The van der Waals surface area contributed by atoms with Crippen molar-refractivity contribution in [3.63, 3.8) is 0 Å². The number of nitrogens with two attached hydrogens (primary N) is 3. The van der Waals surface area contributed by atoms with Gasteiger partial charge in [-0.1, -0.05) is 96.6 Å². The standard InChI is InChI=1S/C25H39N3O6S2.C20H31N3O4S2.C17H27N3O5.C15H23N5O4.C11H16N2O2.C6H11N3O4/c1-25(2,3)34-24(31)28-20-8-6-7-19(17-20)27-23(30)18-33-15-14-32-13-12-26-22(29)10-5-4-9-21-11-16-35-36-21;21-16-4-3-5-17(14-16)23-20(25)15-27-12-11-26-10-9-22-19(24)7-2-1-6-18-8-13-28-29-18;1-17(2,3)25-16(22)20-14-6-4-5-13(11-14)19-15(21)12-24-10-9-23-8-7-18;1-15(2,3)24-14(21)18-12-5-4-6-13(11-12)19-23-10-9-22-8-7-17-20-16;1-11(2,3)15-10(14)13-9-6-4-5-8(12)7-9;7-9-8-1-2-12-3-4-13-5-6(10)11/h6-8,17,21H,4-5,9-16,18H2,1-3H3,(H,26,29)(H,27,30)(H,28,31);3-5,14,18H,1-2,6-13,15,21H2,(H,22,24)(H,23,25);4-6,11H,7-10,12,18H2,1-3H3,(H,19,21)(H,20,22);4-6,11,19H,7-10H2,1-3H3,(H,18,21);4-7H,12H2,1-3H3,(H,13,14);1-5H2,(H,10,11). The van der Waals surface area contributed by atoms with Crippen molar-refractivity contribution < 1.29 is 119 Å². The minimum Gasteiger partial charge on any atom is -0.480 e. The highest BCUT2D eigenvalue weighted by atomic mass is 33.1. The molecule has 7 rings (SSSR count). The second-order valence-electron chi connectivity index (χ2n) is 34.3. The Bertz CT molecular complexity index is 4530. The summed E-state index contributed by atoms with van der Waals surface area (Å²) < 4.78 is 67.3. The van der Waals surface area contributed by atoms with Gasteiger partial charge in [0.15, 0.2) is 0 Å². The highest BCUT2D eigenvalue weighted by Crippen LogP contribution is 2.41. The first-order valence-electron chi connectivity index (χ1n) is 46.2. The van der Waals surface area contributed by atoms with Crippen LogP contribution in [0, 0.1) is 0 Å². The molecule has 9 amide bonds. The van der Waals surface area contributed by atoms with Gasteiger partial charge < -0.3 is 110 Å². The molecule has 0 aliphatic carbocycles. The lowest BCUT2D eigenvalue weighted by atomic mass is 10.1. The highest BCUT2D eigenvalue weighted by Gasteiger charge is 2.23. The number of unbranched alkanes of at least 4 members (excludes halogenated alkanes) is 2. The van der Waals surface area contributed by atoms with E-state index in [2.05, 4.69) is 78.1 Å². The number of nitrogens with zero attached hydrogens (tertiary/aromatic N) is 6. The van der Waals surface area contributed by atoms with Crippen molar-refractivity contribution in [1.29, 1.82) is 0 Å². The lowest BCUT2D eigenvalue weighted by Gasteiger charge is -2.19. The Kier molecular flexibility index (Phi) is 69.4. The van der Waals surface area contributed by atoms with Crippen molar-refractivity contribution in [1.82, 2.24) is 10.6 Å². The van der Waals surface area contributed by atoms with E-state index >= 15 is 0 Å². The van der Waals surface area contributed by atoms with E-state index in [-0.39, 0.29) is 75.7 Å². The number of benzene rings is 5. The van der Waals surface area contributed by atoms with Gasteiger partial charge in [0.1, 0.15) is 48.8 Å². The van der Waals surface area contributed by atoms with Crippen LogP contribution in [0.15, 0.2) is 132 Å². The number of ether oxygens (including phenoxy) is 13. The van der Waals surface area contributed by atoms with Crippen LogP contribution < -0.4 is 70.5 Å². The van der Waals surface area contributed by atoms with Crippen molar-refractivity contribution in [2.45, 2.75) is 180 Å². The zero-order valence-corrected chi connectivity index (χ0v) is 86.7. The maximum Gasteiger partial charge on any atom is 0.412 e. The molecule has 0 saturated carbocycles. The van der Waals surface area contributed by atoms with Gasteiger partial charge >= 0.3 is 30.3 Å². The number of rotatable bonds is 56. The van der Waals surface area contributed by atoms with E-state index < -0.39 is 52.7 Å². The highest BCUT2D eigenvalue weighted by molar-refractivity contribution is 8.77. The maximum absolute atomic E-state index is 12.1. The van der Waals surface area contributed by atoms with Gasteiger partial charge in [-0.2, -0.15) is 0 Å². The first-order chi connectivity index (χ1) is 67.7. The predicted molar refractivity (Wildman–Crippen MR) is 558 cm³/mol. The number of hydrogen-bond donors (Lipinski definition) is 14. The summed E-state index contributed by atoms with van der Waals surface area (Å²) in [5, 5.41) is 40.6. The Hall–Kier alpha value is -11.0. The number of aliphatic carboxylic acids is 1. The van der Waals surface area contributed by atoms with Crippen LogP contribution in [0.3, 0.4) is 0 Å². The summed E-state index contributed by atoms with van der Waals surface area (Å²) in [7, 11) is 7.88. The Morgan fingerprint density at radius 1 is 0.373 bits per heavy atom. The van der Waals surface area contributed by atoms with Gasteiger partial charge in [-0.15, -0.1) is 0 Å². The van der Waals surface area contributed by atoms with Crippen molar-refractivity contribution in [3.05, 3.63) is 142 Å². The zero-order chi connectivity index (χ0) is 105. The third-order valence-corrected chi connectivity index (χ3v) is 22.8. The van der Waals surface area contributed by atoms with Crippen molar-refractivity contribution in [2.24, 2.45) is 16.0 Å². The number of hydrogen-bond acceptors (Lipinski definition) is 34. The fraction of sp³-hybridized carbons (Fsp3) is 0.574. The molecular weight excluding hydrogens is 1920 g/mol. The fourth-order valence-corrected chi connectivity index (χ4v) is 17.0. The maximum atomic E-state index is 12.1. The third kappa shape index (κ3) is 77.6. The SMILES string of the molecule is CC(C)(C)OC(=O)Nc1cccc(N)c1.CC(C)(C)OC(=O)Nc1cccc(NC(=O)COCCOCCN)c1.CC(C)(C)OC(=O)Nc1cccc(NC(=O)COCCOCCNC(=O)CCCCC2CCSS2)c1.CC(C)(C)OC(=O)Nc1cccc(NOCCOCCN=[N+]=[N-])c1.Nc1cccc(NC(=O)COCCOCCNC(=O)CCCCC2CCSS2)c1.[N-]=[N+]=NCCOCCOCC(=O)O. The van der Waals surface area contributed by atoms with Gasteiger partial charge in [0.05, 0.1) is 105 Å². The molecular formula is C94H147N19O25S4. The van der Waals surface area contributed by atoms with Gasteiger partial charge in [0.2, 0.25) is 29.5 Å². The Morgan fingerprint density at radius 3 is 0.993 bits per heavy atom. The second-order valence-corrected chi connectivity index (χ2v) is 39.9. The topological polar surface area (TPSA) is 616 Å². The van der Waals surface area contributed by atoms with E-state index in [0.717, 1.165) is 36.2 Å². The normalized spacial score (nSPS) is 12.9. The van der Waals surface area contributed by atoms with Crippen molar-refractivity contribution in [3.8, 4) is 0 Å². The smallest absolute Gasteiger partial charge is 0.412 e. The molecule has 5 aromatic carbocycles. The van der Waals surface area contributed by atoms with Crippen molar-refractivity contribution in [2.75, 3.05) is 224 Å². The molecule has 0 radical (unpaired) electrons. The summed E-state index contributed by atoms with van der Waals surface area (Å²) in [6, 6.07) is 34.4. The lowest BCUT2D eigenvalue weighted by molar-refractivity contribution is -0.142. The molecule has 17 N–H and O–H groups in total.